The smallest absolute Gasteiger partial charge is 0.276 e. The van der Waals surface area contributed by atoms with Crippen LogP contribution < -0.4 is 0 Å². The molecule has 1 aromatic carbocycles. The van der Waals surface area contributed by atoms with Crippen LogP contribution in [0.5, 0.6) is 0 Å². The molecule has 2 fully saturated rings. The Morgan fingerprint density at radius 2 is 2.25 bits per heavy atom. The summed E-state index contributed by atoms with van der Waals surface area (Å²) >= 11 is 0. The molecule has 4 rings (SSSR count). The number of rotatable bonds is 4. The molecule has 0 radical (unpaired) electrons. The van der Waals surface area contributed by atoms with Gasteiger partial charge in [0.15, 0.2) is 11.6 Å². The van der Waals surface area contributed by atoms with Gasteiger partial charge in [0.05, 0.1) is 12.1 Å². The van der Waals surface area contributed by atoms with Crippen molar-refractivity contribution < 1.29 is 18.7 Å². The molecule has 1 saturated heterocycles. The van der Waals surface area contributed by atoms with Gasteiger partial charge in [0.1, 0.15) is 12.1 Å². The van der Waals surface area contributed by atoms with Crippen molar-refractivity contribution in [1.82, 2.24) is 9.88 Å². The van der Waals surface area contributed by atoms with Crippen LogP contribution in [0, 0.1) is 11.7 Å². The molecule has 24 heavy (non-hydrogen) atoms. The van der Waals surface area contributed by atoms with Crippen molar-refractivity contribution in [2.75, 3.05) is 6.54 Å². The van der Waals surface area contributed by atoms with Gasteiger partial charge in [-0.1, -0.05) is 12.1 Å². The zero-order chi connectivity index (χ0) is 16.7. The number of nitrogens with zero attached hydrogens (tertiary/aromatic N) is 2. The van der Waals surface area contributed by atoms with E-state index in [0.717, 1.165) is 6.42 Å². The minimum Gasteiger partial charge on any atom is -0.448 e. The summed E-state index contributed by atoms with van der Waals surface area (Å²) in [6.45, 7) is 0.213. The van der Waals surface area contributed by atoms with Crippen molar-refractivity contribution in [2.45, 2.75) is 37.8 Å². The monoisotopic (exact) mass is 330 g/mol. The number of aliphatic hydroxyl groups is 1. The van der Waals surface area contributed by atoms with Crippen molar-refractivity contribution in [3.8, 4) is 0 Å². The summed E-state index contributed by atoms with van der Waals surface area (Å²) < 4.78 is 18.9. The summed E-state index contributed by atoms with van der Waals surface area (Å²) in [5.41, 5.74) is 0.933. The lowest BCUT2D eigenvalue weighted by Crippen LogP contribution is -2.32. The second-order valence-electron chi connectivity index (χ2n) is 6.69. The highest BCUT2D eigenvalue weighted by atomic mass is 19.1. The molecule has 0 spiro atoms. The third-order valence-corrected chi connectivity index (χ3v) is 4.70. The number of β-amino-alcohol motifs (C(OH)–C–C–N with tert-alkyl or cyclic N) is 1. The molecule has 1 aliphatic heterocycles. The molecule has 2 aromatic rings. The predicted molar refractivity (Wildman–Crippen MR) is 83.7 cm³/mol. The number of aliphatic hydroxyl groups excluding tert-OH is 1. The van der Waals surface area contributed by atoms with Crippen LogP contribution in [-0.2, 0) is 6.42 Å². The Bertz CT molecular complexity index is 756. The van der Waals surface area contributed by atoms with Crippen LogP contribution in [0.3, 0.4) is 0 Å². The summed E-state index contributed by atoms with van der Waals surface area (Å²) in [5.74, 6) is 0.573. The maximum absolute atomic E-state index is 13.5. The highest BCUT2D eigenvalue weighted by molar-refractivity contribution is 5.92. The van der Waals surface area contributed by atoms with Crippen LogP contribution in [0.25, 0.3) is 0 Å². The molecule has 0 unspecified atom stereocenters. The number of carbonyl (C=O) groups is 1. The van der Waals surface area contributed by atoms with E-state index in [1.807, 2.05) is 0 Å². The Kier molecular flexibility index (Phi) is 3.84. The zero-order valence-corrected chi connectivity index (χ0v) is 13.2. The molecule has 2 atom stereocenters. The van der Waals surface area contributed by atoms with Gasteiger partial charge in [0.2, 0.25) is 0 Å². The van der Waals surface area contributed by atoms with Gasteiger partial charge >= 0.3 is 0 Å². The average molecular weight is 330 g/mol. The SMILES string of the molecule is O=C(c1coc(CC2CC2)n1)N1C[C@@H](O)C[C@H]1c1cccc(F)c1. The number of carbonyl (C=O) groups excluding carboxylic acids is 1. The number of benzene rings is 1. The second kappa shape index (κ2) is 6.02. The number of halogens is 1. The topological polar surface area (TPSA) is 66.6 Å². The third-order valence-electron chi connectivity index (χ3n) is 4.70. The van der Waals surface area contributed by atoms with Gasteiger partial charge in [-0.25, -0.2) is 9.37 Å². The van der Waals surface area contributed by atoms with E-state index in [0.29, 0.717) is 23.8 Å². The van der Waals surface area contributed by atoms with E-state index in [-0.39, 0.29) is 30.0 Å². The molecule has 1 aromatic heterocycles. The number of hydrogen-bond acceptors (Lipinski definition) is 4. The molecular weight excluding hydrogens is 311 g/mol. The lowest BCUT2D eigenvalue weighted by atomic mass is 10.0. The Balaban J connectivity index is 1.56. The van der Waals surface area contributed by atoms with Crippen LogP contribution in [0.2, 0.25) is 0 Å². The molecular formula is C18H19FN2O3. The Labute approximate surface area is 139 Å². The van der Waals surface area contributed by atoms with E-state index in [4.69, 9.17) is 4.42 Å². The van der Waals surface area contributed by atoms with Crippen LogP contribution >= 0.6 is 0 Å². The van der Waals surface area contributed by atoms with E-state index in [1.54, 1.807) is 17.0 Å². The fraction of sp³-hybridized carbons (Fsp3) is 0.444. The summed E-state index contributed by atoms with van der Waals surface area (Å²) in [5, 5.41) is 10.00. The number of likely N-dealkylation sites (tertiary alicyclic amines) is 1. The standard InChI is InChI=1S/C18H19FN2O3/c19-13-3-1-2-12(7-13)16-8-14(22)9-21(16)18(23)15-10-24-17(20-15)6-11-4-5-11/h1-3,7,10-11,14,16,22H,4-6,8-9H2/t14-,16-/m0/s1. The third kappa shape index (κ3) is 3.06. The molecule has 2 aliphatic rings. The average Bonchev–Trinajstić information content (AvgIpc) is 3.09. The van der Waals surface area contributed by atoms with Gasteiger partial charge in [0.25, 0.3) is 5.91 Å². The first-order chi connectivity index (χ1) is 11.6. The fourth-order valence-corrected chi connectivity index (χ4v) is 3.29. The predicted octanol–water partition coefficient (Wildman–Crippen LogP) is 2.71. The molecule has 0 bridgehead atoms. The first-order valence-corrected chi connectivity index (χ1v) is 8.29. The second-order valence-corrected chi connectivity index (χ2v) is 6.69. The van der Waals surface area contributed by atoms with Crippen LogP contribution in [0.1, 0.15) is 47.2 Å². The lowest BCUT2D eigenvalue weighted by molar-refractivity contribution is 0.0709. The van der Waals surface area contributed by atoms with E-state index >= 15 is 0 Å². The Morgan fingerprint density at radius 3 is 3.00 bits per heavy atom. The van der Waals surface area contributed by atoms with Crippen LogP contribution in [-0.4, -0.2) is 33.5 Å². The highest BCUT2D eigenvalue weighted by Gasteiger charge is 2.37. The van der Waals surface area contributed by atoms with Gasteiger partial charge in [-0.3, -0.25) is 4.79 Å². The normalized spacial score (nSPS) is 23.7. The molecule has 2 heterocycles. The van der Waals surface area contributed by atoms with Crippen LogP contribution in [0.4, 0.5) is 4.39 Å². The maximum Gasteiger partial charge on any atom is 0.276 e. The molecule has 5 nitrogen and oxygen atoms in total. The molecule has 126 valence electrons. The largest absolute Gasteiger partial charge is 0.448 e. The lowest BCUT2D eigenvalue weighted by Gasteiger charge is -2.23. The first kappa shape index (κ1) is 15.3. The summed E-state index contributed by atoms with van der Waals surface area (Å²) in [6, 6.07) is 5.80. The quantitative estimate of drug-likeness (QED) is 0.936. The zero-order valence-electron chi connectivity index (χ0n) is 13.2. The van der Waals surface area contributed by atoms with E-state index in [9.17, 15) is 14.3 Å². The summed E-state index contributed by atoms with van der Waals surface area (Å²) in [4.78, 5) is 18.6. The summed E-state index contributed by atoms with van der Waals surface area (Å²) in [7, 11) is 0. The Morgan fingerprint density at radius 1 is 1.42 bits per heavy atom. The van der Waals surface area contributed by atoms with Crippen LogP contribution in [0.15, 0.2) is 34.9 Å². The van der Waals surface area contributed by atoms with Crippen molar-refractivity contribution in [3.05, 3.63) is 53.5 Å². The Hall–Kier alpha value is -2.21. The van der Waals surface area contributed by atoms with Crippen molar-refractivity contribution in [3.63, 3.8) is 0 Å². The van der Waals surface area contributed by atoms with Gasteiger partial charge in [0, 0.05) is 13.0 Å². The number of amides is 1. The molecule has 6 heteroatoms. The van der Waals surface area contributed by atoms with Gasteiger partial charge in [-0.05, 0) is 42.9 Å². The fourth-order valence-electron chi connectivity index (χ4n) is 3.29. The summed E-state index contributed by atoms with van der Waals surface area (Å²) in [6.07, 6.45) is 4.29. The minimum atomic E-state index is -0.625. The highest BCUT2D eigenvalue weighted by Crippen LogP contribution is 2.34. The van der Waals surface area contributed by atoms with Gasteiger partial charge in [-0.2, -0.15) is 0 Å². The van der Waals surface area contributed by atoms with Gasteiger partial charge in [-0.15, -0.1) is 0 Å². The minimum absolute atomic E-state index is 0.213. The van der Waals surface area contributed by atoms with Gasteiger partial charge < -0.3 is 14.4 Å². The number of hydrogen-bond donors (Lipinski definition) is 1. The van der Waals surface area contributed by atoms with Crippen molar-refractivity contribution >= 4 is 5.91 Å². The van der Waals surface area contributed by atoms with E-state index < -0.39 is 6.10 Å². The first-order valence-electron chi connectivity index (χ1n) is 8.29. The molecule has 1 aliphatic carbocycles. The molecule has 1 amide bonds. The molecule has 1 N–H and O–H groups in total. The van der Waals surface area contributed by atoms with E-state index in [2.05, 4.69) is 4.98 Å². The van der Waals surface area contributed by atoms with Crippen molar-refractivity contribution in [1.29, 1.82) is 0 Å². The van der Waals surface area contributed by atoms with Crippen molar-refractivity contribution in [2.24, 2.45) is 5.92 Å². The number of oxazole rings is 1. The maximum atomic E-state index is 13.5. The number of aromatic nitrogens is 1. The van der Waals surface area contributed by atoms with E-state index in [1.165, 1.54) is 31.2 Å². The molecule has 1 saturated carbocycles.